The van der Waals surface area contributed by atoms with E-state index in [-0.39, 0.29) is 6.03 Å². The quantitative estimate of drug-likeness (QED) is 0.792. The van der Waals surface area contributed by atoms with Crippen LogP contribution in [0.3, 0.4) is 0 Å². The first-order chi connectivity index (χ1) is 13.3. The fourth-order valence-electron chi connectivity index (χ4n) is 3.50. The second-order valence-electron chi connectivity index (χ2n) is 6.69. The standard InChI is InChI=1S/C21H24N2O4/c24-21(23-16-8-9-19-20(14-16)27-13-12-26-19)22-10-11-25-18-7-3-5-15-4-1-2-6-17(15)18/h3,5,7-9,14H,1-2,4,6,10-13H2,(H2,22,23,24). The second kappa shape index (κ2) is 8.20. The lowest BCUT2D eigenvalue weighted by Gasteiger charge is -2.20. The van der Waals surface area contributed by atoms with Gasteiger partial charge in [-0.05, 0) is 55.0 Å². The number of carbonyl (C=O) groups is 1. The molecule has 0 bridgehead atoms. The molecule has 2 aromatic rings. The van der Waals surface area contributed by atoms with E-state index < -0.39 is 0 Å². The summed E-state index contributed by atoms with van der Waals surface area (Å²) in [6.07, 6.45) is 4.66. The number of hydrogen-bond acceptors (Lipinski definition) is 4. The molecule has 0 fully saturated rings. The minimum absolute atomic E-state index is 0.273. The molecule has 6 heteroatoms. The van der Waals surface area contributed by atoms with Gasteiger partial charge in [-0.1, -0.05) is 12.1 Å². The molecule has 2 aliphatic rings. The van der Waals surface area contributed by atoms with Crippen LogP contribution in [0.4, 0.5) is 10.5 Å². The predicted octanol–water partition coefficient (Wildman–Crippen LogP) is 3.54. The number of amides is 2. The highest BCUT2D eigenvalue weighted by Gasteiger charge is 2.14. The number of urea groups is 1. The van der Waals surface area contributed by atoms with Gasteiger partial charge < -0.3 is 24.8 Å². The molecule has 2 amide bonds. The maximum atomic E-state index is 12.1. The Morgan fingerprint density at radius 3 is 2.81 bits per heavy atom. The number of rotatable bonds is 5. The summed E-state index contributed by atoms with van der Waals surface area (Å²) in [5.41, 5.74) is 3.38. The van der Waals surface area contributed by atoms with Crippen LogP contribution in [0.1, 0.15) is 24.0 Å². The average molecular weight is 368 g/mol. The Kier molecular flexibility index (Phi) is 5.32. The highest BCUT2D eigenvalue weighted by molar-refractivity contribution is 5.89. The maximum Gasteiger partial charge on any atom is 0.319 e. The van der Waals surface area contributed by atoms with Crippen molar-refractivity contribution in [2.24, 2.45) is 0 Å². The third-order valence-corrected chi connectivity index (χ3v) is 4.80. The molecule has 2 N–H and O–H groups in total. The first kappa shape index (κ1) is 17.5. The molecule has 0 radical (unpaired) electrons. The van der Waals surface area contributed by atoms with Crippen LogP contribution in [0.5, 0.6) is 17.2 Å². The van der Waals surface area contributed by atoms with E-state index in [0.717, 1.165) is 18.6 Å². The number of ether oxygens (including phenoxy) is 3. The van der Waals surface area contributed by atoms with Gasteiger partial charge >= 0.3 is 6.03 Å². The lowest BCUT2D eigenvalue weighted by Crippen LogP contribution is -2.32. The SMILES string of the molecule is O=C(NCCOc1cccc2c1CCCC2)Nc1ccc2c(c1)OCCO2. The Bertz CT molecular complexity index is 822. The third kappa shape index (κ3) is 4.27. The van der Waals surface area contributed by atoms with E-state index in [1.54, 1.807) is 18.2 Å². The summed E-state index contributed by atoms with van der Waals surface area (Å²) in [4.78, 5) is 12.1. The molecule has 0 aromatic heterocycles. The molecule has 1 aliphatic heterocycles. The van der Waals surface area contributed by atoms with E-state index in [4.69, 9.17) is 14.2 Å². The Morgan fingerprint density at radius 1 is 1.04 bits per heavy atom. The van der Waals surface area contributed by atoms with Gasteiger partial charge in [0.15, 0.2) is 11.5 Å². The van der Waals surface area contributed by atoms with E-state index in [1.165, 1.54) is 24.0 Å². The van der Waals surface area contributed by atoms with Crippen molar-refractivity contribution in [1.29, 1.82) is 0 Å². The van der Waals surface area contributed by atoms with E-state index >= 15 is 0 Å². The first-order valence-electron chi connectivity index (χ1n) is 9.48. The van der Waals surface area contributed by atoms with Crippen LogP contribution in [0.2, 0.25) is 0 Å². The van der Waals surface area contributed by atoms with Gasteiger partial charge in [-0.15, -0.1) is 0 Å². The highest BCUT2D eigenvalue weighted by Crippen LogP contribution is 2.32. The van der Waals surface area contributed by atoms with Gasteiger partial charge in [0.1, 0.15) is 25.6 Å². The van der Waals surface area contributed by atoms with Crippen LogP contribution >= 0.6 is 0 Å². The Labute approximate surface area is 158 Å². The monoisotopic (exact) mass is 368 g/mol. The second-order valence-corrected chi connectivity index (χ2v) is 6.69. The molecule has 0 saturated carbocycles. The minimum atomic E-state index is -0.273. The third-order valence-electron chi connectivity index (χ3n) is 4.80. The summed E-state index contributed by atoms with van der Waals surface area (Å²) in [5.74, 6) is 2.30. The van der Waals surface area contributed by atoms with Crippen LogP contribution in [-0.4, -0.2) is 32.4 Å². The van der Waals surface area contributed by atoms with Crippen molar-refractivity contribution < 1.29 is 19.0 Å². The number of nitrogens with one attached hydrogen (secondary N) is 2. The van der Waals surface area contributed by atoms with E-state index in [9.17, 15) is 4.79 Å². The summed E-state index contributed by atoms with van der Waals surface area (Å²) >= 11 is 0. The molecule has 27 heavy (non-hydrogen) atoms. The topological polar surface area (TPSA) is 68.8 Å². The van der Waals surface area contributed by atoms with Crippen molar-refractivity contribution in [1.82, 2.24) is 5.32 Å². The van der Waals surface area contributed by atoms with Crippen molar-refractivity contribution in [3.05, 3.63) is 47.5 Å². The van der Waals surface area contributed by atoms with Gasteiger partial charge in [0.05, 0.1) is 6.54 Å². The zero-order valence-electron chi connectivity index (χ0n) is 15.3. The molecule has 1 heterocycles. The first-order valence-corrected chi connectivity index (χ1v) is 9.48. The van der Waals surface area contributed by atoms with Crippen molar-refractivity contribution in [3.63, 3.8) is 0 Å². The number of anilines is 1. The van der Waals surface area contributed by atoms with Gasteiger partial charge in [0.2, 0.25) is 0 Å². The van der Waals surface area contributed by atoms with E-state index in [2.05, 4.69) is 16.7 Å². The fraction of sp³-hybridized carbons (Fsp3) is 0.381. The molecule has 0 saturated heterocycles. The summed E-state index contributed by atoms with van der Waals surface area (Å²) in [6, 6.07) is 11.3. The number of hydrogen-bond donors (Lipinski definition) is 2. The van der Waals surface area contributed by atoms with Gasteiger partial charge in [-0.25, -0.2) is 4.79 Å². The normalized spacial score (nSPS) is 14.8. The minimum Gasteiger partial charge on any atom is -0.491 e. The van der Waals surface area contributed by atoms with Crippen molar-refractivity contribution in [2.45, 2.75) is 25.7 Å². The van der Waals surface area contributed by atoms with Crippen LogP contribution in [0.15, 0.2) is 36.4 Å². The lowest BCUT2D eigenvalue weighted by atomic mass is 9.91. The van der Waals surface area contributed by atoms with E-state index in [1.807, 2.05) is 12.1 Å². The van der Waals surface area contributed by atoms with Crippen molar-refractivity contribution in [3.8, 4) is 17.2 Å². The molecule has 2 aromatic carbocycles. The molecule has 1 aliphatic carbocycles. The Morgan fingerprint density at radius 2 is 1.89 bits per heavy atom. The summed E-state index contributed by atoms with van der Waals surface area (Å²) in [5, 5.41) is 5.61. The summed E-state index contributed by atoms with van der Waals surface area (Å²) in [6.45, 7) is 1.93. The lowest BCUT2D eigenvalue weighted by molar-refractivity contribution is 0.171. The highest BCUT2D eigenvalue weighted by atomic mass is 16.6. The molecule has 0 unspecified atom stereocenters. The molecule has 0 spiro atoms. The molecule has 4 rings (SSSR count). The Hall–Kier alpha value is -2.89. The number of aryl methyl sites for hydroxylation is 1. The zero-order chi connectivity index (χ0) is 18.5. The van der Waals surface area contributed by atoms with Gasteiger partial charge in [0, 0.05) is 11.8 Å². The number of carbonyl (C=O) groups excluding carboxylic acids is 1. The van der Waals surface area contributed by atoms with Crippen molar-refractivity contribution in [2.75, 3.05) is 31.7 Å². The van der Waals surface area contributed by atoms with Gasteiger partial charge in [-0.3, -0.25) is 0 Å². The average Bonchev–Trinajstić information content (AvgIpc) is 2.71. The molecule has 142 valence electrons. The van der Waals surface area contributed by atoms with Gasteiger partial charge in [0.25, 0.3) is 0 Å². The van der Waals surface area contributed by atoms with Crippen LogP contribution in [0.25, 0.3) is 0 Å². The van der Waals surface area contributed by atoms with Crippen LogP contribution in [-0.2, 0) is 12.8 Å². The predicted molar refractivity (Wildman–Crippen MR) is 103 cm³/mol. The van der Waals surface area contributed by atoms with Crippen molar-refractivity contribution >= 4 is 11.7 Å². The zero-order valence-corrected chi connectivity index (χ0v) is 15.3. The smallest absolute Gasteiger partial charge is 0.319 e. The molecular weight excluding hydrogens is 344 g/mol. The summed E-state index contributed by atoms with van der Waals surface area (Å²) < 4.78 is 16.9. The maximum absolute atomic E-state index is 12.1. The van der Waals surface area contributed by atoms with Gasteiger partial charge in [-0.2, -0.15) is 0 Å². The summed E-state index contributed by atoms with van der Waals surface area (Å²) in [7, 11) is 0. The fourth-order valence-corrected chi connectivity index (χ4v) is 3.50. The molecule has 0 atom stereocenters. The number of fused-ring (bicyclic) bond motifs is 2. The number of benzene rings is 2. The van der Waals surface area contributed by atoms with Crippen LogP contribution < -0.4 is 24.8 Å². The van der Waals surface area contributed by atoms with Crippen LogP contribution in [0, 0.1) is 0 Å². The molecular formula is C21H24N2O4. The van der Waals surface area contributed by atoms with E-state index in [0.29, 0.717) is 43.6 Å². The largest absolute Gasteiger partial charge is 0.491 e. The Balaban J connectivity index is 1.24. The molecule has 6 nitrogen and oxygen atoms in total.